The van der Waals surface area contributed by atoms with Gasteiger partial charge in [0.2, 0.25) is 0 Å². The van der Waals surface area contributed by atoms with Gasteiger partial charge in [-0.25, -0.2) is 12.8 Å². The second-order valence-corrected chi connectivity index (χ2v) is 6.10. The van der Waals surface area contributed by atoms with Crippen molar-refractivity contribution in [2.75, 3.05) is 12.4 Å². The molecule has 0 bridgehead atoms. The van der Waals surface area contributed by atoms with Gasteiger partial charge in [0.15, 0.2) is 9.84 Å². The standard InChI is InChI=1S/C9H10BrFO3S/c10-8-5-7(1-2-9(8)11)6-15(13,14)4-3-12/h1-2,5,12H,3-4,6H2. The van der Waals surface area contributed by atoms with Crippen LogP contribution in [0.1, 0.15) is 5.56 Å². The third kappa shape index (κ3) is 3.89. The van der Waals surface area contributed by atoms with Gasteiger partial charge < -0.3 is 5.11 Å². The monoisotopic (exact) mass is 296 g/mol. The molecule has 0 aromatic heterocycles. The van der Waals surface area contributed by atoms with Gasteiger partial charge >= 0.3 is 0 Å². The minimum atomic E-state index is -3.31. The first-order valence-electron chi connectivity index (χ1n) is 4.20. The normalized spacial score (nSPS) is 11.7. The van der Waals surface area contributed by atoms with E-state index in [0.717, 1.165) is 0 Å². The quantitative estimate of drug-likeness (QED) is 0.916. The van der Waals surface area contributed by atoms with E-state index in [9.17, 15) is 12.8 Å². The minimum Gasteiger partial charge on any atom is -0.395 e. The van der Waals surface area contributed by atoms with Gasteiger partial charge in [-0.2, -0.15) is 0 Å². The Labute approximate surface area is 96.0 Å². The van der Waals surface area contributed by atoms with Crippen LogP contribution in [0.15, 0.2) is 22.7 Å². The number of hydrogen-bond donors (Lipinski definition) is 1. The molecule has 1 aromatic carbocycles. The fourth-order valence-corrected chi connectivity index (χ4v) is 2.63. The molecule has 0 fully saturated rings. The molecule has 0 radical (unpaired) electrons. The maximum atomic E-state index is 12.8. The average molecular weight is 297 g/mol. The van der Waals surface area contributed by atoms with Crippen LogP contribution in [0, 0.1) is 5.82 Å². The minimum absolute atomic E-state index is 0.188. The van der Waals surface area contributed by atoms with E-state index in [1.54, 1.807) is 0 Å². The van der Waals surface area contributed by atoms with Crippen LogP contribution in [0.3, 0.4) is 0 Å². The zero-order chi connectivity index (χ0) is 11.5. The highest BCUT2D eigenvalue weighted by Gasteiger charge is 2.12. The summed E-state index contributed by atoms with van der Waals surface area (Å²) < 4.78 is 35.7. The molecule has 0 spiro atoms. The van der Waals surface area contributed by atoms with E-state index in [1.165, 1.54) is 18.2 Å². The van der Waals surface area contributed by atoms with Crippen molar-refractivity contribution < 1.29 is 17.9 Å². The van der Waals surface area contributed by atoms with Crippen molar-refractivity contribution in [3.63, 3.8) is 0 Å². The Morgan fingerprint density at radius 2 is 2.07 bits per heavy atom. The molecule has 84 valence electrons. The lowest BCUT2D eigenvalue weighted by Gasteiger charge is -2.03. The zero-order valence-corrected chi connectivity index (χ0v) is 10.2. The van der Waals surface area contributed by atoms with Gasteiger partial charge in [0.25, 0.3) is 0 Å². The number of benzene rings is 1. The molecule has 0 atom stereocenters. The highest BCUT2D eigenvalue weighted by Crippen LogP contribution is 2.18. The van der Waals surface area contributed by atoms with Gasteiger partial charge in [-0.15, -0.1) is 0 Å². The number of aliphatic hydroxyl groups excluding tert-OH is 1. The van der Waals surface area contributed by atoms with Gasteiger partial charge in [0.1, 0.15) is 5.82 Å². The van der Waals surface area contributed by atoms with Crippen LogP contribution in [0.25, 0.3) is 0 Å². The van der Waals surface area contributed by atoms with Gasteiger partial charge in [-0.3, -0.25) is 0 Å². The Morgan fingerprint density at radius 3 is 2.60 bits per heavy atom. The highest BCUT2D eigenvalue weighted by molar-refractivity contribution is 9.10. The molecule has 6 heteroatoms. The molecule has 3 nitrogen and oxygen atoms in total. The van der Waals surface area contributed by atoms with Crippen LogP contribution in [-0.4, -0.2) is 25.9 Å². The van der Waals surface area contributed by atoms with Crippen molar-refractivity contribution in [1.29, 1.82) is 0 Å². The summed E-state index contributed by atoms with van der Waals surface area (Å²) >= 11 is 2.97. The Kier molecular flexibility index (Phi) is 4.24. The van der Waals surface area contributed by atoms with E-state index in [-0.39, 0.29) is 16.0 Å². The molecule has 0 aliphatic carbocycles. The third-order valence-electron chi connectivity index (χ3n) is 1.77. The Bertz CT molecular complexity index is 445. The first kappa shape index (κ1) is 12.6. The predicted molar refractivity (Wildman–Crippen MR) is 58.7 cm³/mol. The smallest absolute Gasteiger partial charge is 0.156 e. The summed E-state index contributed by atoms with van der Waals surface area (Å²) in [6, 6.07) is 4.03. The van der Waals surface area contributed by atoms with E-state index in [0.29, 0.717) is 5.56 Å². The van der Waals surface area contributed by atoms with Crippen molar-refractivity contribution in [3.05, 3.63) is 34.1 Å². The van der Waals surface area contributed by atoms with E-state index < -0.39 is 22.3 Å². The fourth-order valence-electron chi connectivity index (χ4n) is 1.09. The second kappa shape index (κ2) is 5.05. The summed E-state index contributed by atoms with van der Waals surface area (Å²) in [5, 5.41) is 8.53. The molecule has 0 aliphatic rings. The molecule has 0 saturated heterocycles. The van der Waals surface area contributed by atoms with Crippen LogP contribution in [-0.2, 0) is 15.6 Å². The molecule has 1 aromatic rings. The number of halogens is 2. The highest BCUT2D eigenvalue weighted by atomic mass is 79.9. The van der Waals surface area contributed by atoms with Crippen molar-refractivity contribution in [1.82, 2.24) is 0 Å². The zero-order valence-electron chi connectivity index (χ0n) is 7.78. The summed E-state index contributed by atoms with van der Waals surface area (Å²) in [6.07, 6.45) is 0. The Morgan fingerprint density at radius 1 is 1.40 bits per heavy atom. The molecule has 1 rings (SSSR count). The third-order valence-corrected chi connectivity index (χ3v) is 3.96. The molecule has 0 heterocycles. The molecule has 0 aliphatic heterocycles. The Hall–Kier alpha value is -0.460. The lowest BCUT2D eigenvalue weighted by molar-refractivity contribution is 0.319. The van der Waals surface area contributed by atoms with E-state index in [2.05, 4.69) is 15.9 Å². The maximum Gasteiger partial charge on any atom is 0.156 e. The second-order valence-electron chi connectivity index (χ2n) is 3.06. The van der Waals surface area contributed by atoms with Crippen molar-refractivity contribution in [2.45, 2.75) is 5.75 Å². The number of sulfone groups is 1. The predicted octanol–water partition coefficient (Wildman–Crippen LogP) is 1.50. The van der Waals surface area contributed by atoms with Gasteiger partial charge in [-0.05, 0) is 33.6 Å². The summed E-state index contributed by atoms with van der Waals surface area (Å²) in [5.74, 6) is -0.896. The van der Waals surface area contributed by atoms with Crippen LogP contribution < -0.4 is 0 Å². The number of rotatable bonds is 4. The molecule has 0 saturated carbocycles. The molecule has 15 heavy (non-hydrogen) atoms. The van der Waals surface area contributed by atoms with Crippen molar-refractivity contribution in [2.24, 2.45) is 0 Å². The summed E-state index contributed by atoms with van der Waals surface area (Å²) in [7, 11) is -3.31. The number of hydrogen-bond acceptors (Lipinski definition) is 3. The molecule has 1 N–H and O–H groups in total. The molecule has 0 amide bonds. The maximum absolute atomic E-state index is 12.8. The lowest BCUT2D eigenvalue weighted by atomic mass is 10.2. The first-order valence-corrected chi connectivity index (χ1v) is 6.81. The largest absolute Gasteiger partial charge is 0.395 e. The van der Waals surface area contributed by atoms with E-state index in [4.69, 9.17) is 5.11 Å². The topological polar surface area (TPSA) is 54.4 Å². The Balaban J connectivity index is 2.86. The first-order chi connectivity index (χ1) is 6.94. The SMILES string of the molecule is O=S(=O)(CCO)Cc1ccc(F)c(Br)c1. The van der Waals surface area contributed by atoms with Crippen molar-refractivity contribution >= 4 is 25.8 Å². The van der Waals surface area contributed by atoms with E-state index in [1.807, 2.05) is 0 Å². The molecular weight excluding hydrogens is 287 g/mol. The van der Waals surface area contributed by atoms with Crippen LogP contribution in [0.2, 0.25) is 0 Å². The van der Waals surface area contributed by atoms with Crippen LogP contribution in [0.5, 0.6) is 0 Å². The fraction of sp³-hybridized carbons (Fsp3) is 0.333. The van der Waals surface area contributed by atoms with Gasteiger partial charge in [0.05, 0.1) is 22.6 Å². The van der Waals surface area contributed by atoms with Gasteiger partial charge in [0, 0.05) is 0 Å². The summed E-state index contributed by atoms with van der Waals surface area (Å²) in [4.78, 5) is 0. The molecular formula is C9H10BrFO3S. The summed E-state index contributed by atoms with van der Waals surface area (Å²) in [5.41, 5.74) is 0.497. The van der Waals surface area contributed by atoms with Crippen molar-refractivity contribution in [3.8, 4) is 0 Å². The lowest BCUT2D eigenvalue weighted by Crippen LogP contribution is -2.12. The average Bonchev–Trinajstić information content (AvgIpc) is 2.10. The van der Waals surface area contributed by atoms with Gasteiger partial charge in [-0.1, -0.05) is 6.07 Å². The van der Waals surface area contributed by atoms with Crippen LogP contribution >= 0.6 is 15.9 Å². The van der Waals surface area contributed by atoms with Crippen LogP contribution in [0.4, 0.5) is 4.39 Å². The number of aliphatic hydroxyl groups is 1. The van der Waals surface area contributed by atoms with E-state index >= 15 is 0 Å². The molecule has 0 unspecified atom stereocenters. The summed E-state index contributed by atoms with van der Waals surface area (Å²) in [6.45, 7) is -0.398.